The van der Waals surface area contributed by atoms with Crippen LogP contribution in [0.25, 0.3) is 0 Å². The number of aryl methyl sites for hydroxylation is 1. The van der Waals surface area contributed by atoms with Crippen molar-refractivity contribution in [3.05, 3.63) is 23.8 Å². The molecule has 0 aromatic heterocycles. The molecule has 1 amide bonds. The Labute approximate surface area is 137 Å². The molecule has 23 heavy (non-hydrogen) atoms. The molecule has 0 bridgehead atoms. The zero-order chi connectivity index (χ0) is 16.5. The predicted octanol–water partition coefficient (Wildman–Crippen LogP) is 1.08. The molecular formula is C17H26N2O4. The Kier molecular flexibility index (Phi) is 7.16. The SMILES string of the molecule is COc1cccc(CCC(=O)NCCN2CCOCC2)c1OC. The van der Waals surface area contributed by atoms with E-state index < -0.39 is 0 Å². The second kappa shape index (κ2) is 9.37. The Morgan fingerprint density at radius 3 is 2.74 bits per heavy atom. The van der Waals surface area contributed by atoms with E-state index in [0.29, 0.717) is 30.9 Å². The monoisotopic (exact) mass is 322 g/mol. The van der Waals surface area contributed by atoms with Gasteiger partial charge >= 0.3 is 0 Å². The average molecular weight is 322 g/mol. The normalized spacial score (nSPS) is 15.2. The second-order valence-electron chi connectivity index (χ2n) is 5.46. The van der Waals surface area contributed by atoms with Gasteiger partial charge in [-0.1, -0.05) is 12.1 Å². The minimum Gasteiger partial charge on any atom is -0.493 e. The van der Waals surface area contributed by atoms with Crippen molar-refractivity contribution in [3.63, 3.8) is 0 Å². The molecule has 1 saturated heterocycles. The lowest BCUT2D eigenvalue weighted by atomic mass is 10.1. The van der Waals surface area contributed by atoms with E-state index in [-0.39, 0.29) is 5.91 Å². The van der Waals surface area contributed by atoms with Gasteiger partial charge in [-0.15, -0.1) is 0 Å². The molecule has 1 aliphatic heterocycles. The number of carbonyl (C=O) groups is 1. The largest absolute Gasteiger partial charge is 0.493 e. The van der Waals surface area contributed by atoms with Crippen molar-refractivity contribution in [1.29, 1.82) is 0 Å². The number of hydrogen-bond donors (Lipinski definition) is 1. The Balaban J connectivity index is 1.73. The fourth-order valence-electron chi connectivity index (χ4n) is 2.67. The lowest BCUT2D eigenvalue weighted by Gasteiger charge is -2.26. The van der Waals surface area contributed by atoms with Gasteiger partial charge in [0.05, 0.1) is 27.4 Å². The van der Waals surface area contributed by atoms with E-state index in [1.165, 1.54) is 0 Å². The number of nitrogens with one attached hydrogen (secondary N) is 1. The Morgan fingerprint density at radius 1 is 1.26 bits per heavy atom. The van der Waals surface area contributed by atoms with Gasteiger partial charge < -0.3 is 19.5 Å². The van der Waals surface area contributed by atoms with E-state index >= 15 is 0 Å². The molecule has 0 spiro atoms. The van der Waals surface area contributed by atoms with Crippen LogP contribution in [0, 0.1) is 0 Å². The summed E-state index contributed by atoms with van der Waals surface area (Å²) < 4.78 is 16.0. The Bertz CT molecular complexity index is 501. The number of para-hydroxylation sites is 1. The summed E-state index contributed by atoms with van der Waals surface area (Å²) >= 11 is 0. The first-order chi connectivity index (χ1) is 11.2. The van der Waals surface area contributed by atoms with Crippen molar-refractivity contribution in [2.75, 3.05) is 53.6 Å². The molecule has 128 valence electrons. The van der Waals surface area contributed by atoms with E-state index in [9.17, 15) is 4.79 Å². The van der Waals surface area contributed by atoms with Gasteiger partial charge in [0.15, 0.2) is 11.5 Å². The standard InChI is InChI=1S/C17H26N2O4/c1-21-15-5-3-4-14(17(15)22-2)6-7-16(20)18-8-9-19-10-12-23-13-11-19/h3-5H,6-13H2,1-2H3,(H,18,20). The van der Waals surface area contributed by atoms with Gasteiger partial charge in [0.25, 0.3) is 0 Å². The first-order valence-electron chi connectivity index (χ1n) is 8.01. The lowest BCUT2D eigenvalue weighted by Crippen LogP contribution is -2.41. The minimum atomic E-state index is 0.0585. The Morgan fingerprint density at radius 2 is 2.04 bits per heavy atom. The van der Waals surface area contributed by atoms with Gasteiger partial charge in [0, 0.05) is 32.6 Å². The van der Waals surface area contributed by atoms with Gasteiger partial charge in [-0.2, -0.15) is 0 Å². The number of benzene rings is 1. The maximum atomic E-state index is 12.0. The van der Waals surface area contributed by atoms with E-state index in [1.54, 1.807) is 14.2 Å². The molecule has 2 rings (SSSR count). The molecule has 0 aliphatic carbocycles. The van der Waals surface area contributed by atoms with Gasteiger partial charge in [0.2, 0.25) is 5.91 Å². The molecule has 0 unspecified atom stereocenters. The van der Waals surface area contributed by atoms with Crippen LogP contribution in [-0.4, -0.2) is 64.4 Å². The van der Waals surface area contributed by atoms with Crippen molar-refractivity contribution in [2.45, 2.75) is 12.8 Å². The fourth-order valence-corrected chi connectivity index (χ4v) is 2.67. The molecule has 1 aliphatic rings. The number of methoxy groups -OCH3 is 2. The molecule has 1 heterocycles. The zero-order valence-corrected chi connectivity index (χ0v) is 14.0. The van der Waals surface area contributed by atoms with E-state index in [2.05, 4.69) is 10.2 Å². The van der Waals surface area contributed by atoms with Crippen LogP contribution >= 0.6 is 0 Å². The maximum absolute atomic E-state index is 12.0. The number of carbonyl (C=O) groups excluding carboxylic acids is 1. The molecule has 0 saturated carbocycles. The third kappa shape index (κ3) is 5.41. The van der Waals surface area contributed by atoms with E-state index in [4.69, 9.17) is 14.2 Å². The zero-order valence-electron chi connectivity index (χ0n) is 14.0. The highest BCUT2D eigenvalue weighted by Crippen LogP contribution is 2.31. The van der Waals surface area contributed by atoms with Crippen LogP contribution in [0.3, 0.4) is 0 Å². The number of nitrogens with zero attached hydrogens (tertiary/aromatic N) is 1. The highest BCUT2D eigenvalue weighted by Gasteiger charge is 2.12. The van der Waals surface area contributed by atoms with Gasteiger partial charge in [-0.25, -0.2) is 0 Å². The molecule has 6 nitrogen and oxygen atoms in total. The third-order valence-electron chi connectivity index (χ3n) is 3.96. The van der Waals surface area contributed by atoms with E-state index in [1.807, 2.05) is 18.2 Å². The van der Waals surface area contributed by atoms with Gasteiger partial charge in [-0.05, 0) is 18.1 Å². The van der Waals surface area contributed by atoms with E-state index in [0.717, 1.165) is 38.4 Å². The summed E-state index contributed by atoms with van der Waals surface area (Å²) in [5.74, 6) is 1.46. The molecule has 1 N–H and O–H groups in total. The highest BCUT2D eigenvalue weighted by atomic mass is 16.5. The first-order valence-corrected chi connectivity index (χ1v) is 8.01. The number of hydrogen-bond acceptors (Lipinski definition) is 5. The summed E-state index contributed by atoms with van der Waals surface area (Å²) in [6, 6.07) is 5.72. The second-order valence-corrected chi connectivity index (χ2v) is 5.46. The quantitative estimate of drug-likeness (QED) is 0.776. The Hall–Kier alpha value is -1.79. The van der Waals surface area contributed by atoms with Crippen LogP contribution in [0.5, 0.6) is 11.5 Å². The number of ether oxygens (including phenoxy) is 3. The van der Waals surface area contributed by atoms with Crippen molar-refractivity contribution in [2.24, 2.45) is 0 Å². The van der Waals surface area contributed by atoms with Crippen LogP contribution in [-0.2, 0) is 16.0 Å². The van der Waals surface area contributed by atoms with Gasteiger partial charge in [-0.3, -0.25) is 9.69 Å². The molecular weight excluding hydrogens is 296 g/mol. The van der Waals surface area contributed by atoms with Crippen molar-refractivity contribution in [1.82, 2.24) is 10.2 Å². The third-order valence-corrected chi connectivity index (χ3v) is 3.96. The van der Waals surface area contributed by atoms with Crippen LogP contribution in [0.4, 0.5) is 0 Å². The highest BCUT2D eigenvalue weighted by molar-refractivity contribution is 5.76. The molecule has 1 aromatic carbocycles. The molecule has 0 radical (unpaired) electrons. The number of rotatable bonds is 8. The van der Waals surface area contributed by atoms with Crippen LogP contribution in [0.2, 0.25) is 0 Å². The minimum absolute atomic E-state index is 0.0585. The molecule has 0 atom stereocenters. The maximum Gasteiger partial charge on any atom is 0.220 e. The summed E-state index contributed by atoms with van der Waals surface area (Å²) in [6.45, 7) is 4.99. The fraction of sp³-hybridized carbons (Fsp3) is 0.588. The summed E-state index contributed by atoms with van der Waals surface area (Å²) in [5, 5.41) is 2.97. The van der Waals surface area contributed by atoms with Crippen LogP contribution in [0.1, 0.15) is 12.0 Å². The topological polar surface area (TPSA) is 60.0 Å². The summed E-state index contributed by atoms with van der Waals surface area (Å²) in [4.78, 5) is 14.3. The van der Waals surface area contributed by atoms with Crippen LogP contribution in [0.15, 0.2) is 18.2 Å². The smallest absolute Gasteiger partial charge is 0.220 e. The van der Waals surface area contributed by atoms with Gasteiger partial charge in [0.1, 0.15) is 0 Å². The summed E-state index contributed by atoms with van der Waals surface area (Å²) in [5.41, 5.74) is 0.982. The van der Waals surface area contributed by atoms with Crippen LogP contribution < -0.4 is 14.8 Å². The van der Waals surface area contributed by atoms with Crippen molar-refractivity contribution in [3.8, 4) is 11.5 Å². The molecule has 1 aromatic rings. The lowest BCUT2D eigenvalue weighted by molar-refractivity contribution is -0.121. The van der Waals surface area contributed by atoms with Crippen molar-refractivity contribution < 1.29 is 19.0 Å². The number of morpholine rings is 1. The van der Waals surface area contributed by atoms with Crippen molar-refractivity contribution >= 4 is 5.91 Å². The molecule has 1 fully saturated rings. The predicted molar refractivity (Wildman–Crippen MR) is 88.1 cm³/mol. The summed E-state index contributed by atoms with van der Waals surface area (Å²) in [6.07, 6.45) is 1.07. The first kappa shape index (κ1) is 17.6. The number of amides is 1. The summed E-state index contributed by atoms with van der Waals surface area (Å²) in [7, 11) is 3.23. The molecule has 6 heteroatoms. The average Bonchev–Trinajstić information content (AvgIpc) is 2.60.